The van der Waals surface area contributed by atoms with Crippen molar-refractivity contribution in [2.24, 2.45) is 11.8 Å². The van der Waals surface area contributed by atoms with Crippen LogP contribution in [-0.4, -0.2) is 16.8 Å². The number of rotatable bonds is 2. The Kier molecular flexibility index (Phi) is 4.56. The molecule has 4 heteroatoms. The van der Waals surface area contributed by atoms with Crippen molar-refractivity contribution in [3.8, 4) is 0 Å². The van der Waals surface area contributed by atoms with Gasteiger partial charge in [-0.2, -0.15) is 0 Å². The van der Waals surface area contributed by atoms with Gasteiger partial charge in [0, 0.05) is 17.4 Å². The molecule has 1 saturated carbocycles. The third-order valence-electron chi connectivity index (χ3n) is 6.96. The van der Waals surface area contributed by atoms with Crippen molar-refractivity contribution < 1.29 is 14.7 Å². The number of fused-ring (bicyclic) bond motifs is 2. The summed E-state index contributed by atoms with van der Waals surface area (Å²) in [5, 5.41) is 15.2. The SMILES string of the molecule is Cc1ccc([C@@H]2C[C@H]3C(=O)c4ccccc4NC(=O)[C@@H]3[C@@]2(O)c2ccc(C)cc2)cc1. The maximum absolute atomic E-state index is 13.6. The lowest BCUT2D eigenvalue weighted by Crippen LogP contribution is -2.44. The molecule has 2 N–H and O–H groups in total. The molecule has 1 aliphatic carbocycles. The van der Waals surface area contributed by atoms with Crippen molar-refractivity contribution in [1.82, 2.24) is 0 Å². The van der Waals surface area contributed by atoms with Crippen LogP contribution in [0.1, 0.15) is 45.0 Å². The average Bonchev–Trinajstić information content (AvgIpc) is 3.03. The zero-order chi connectivity index (χ0) is 21.8. The summed E-state index contributed by atoms with van der Waals surface area (Å²) in [4.78, 5) is 27.0. The first-order valence-corrected chi connectivity index (χ1v) is 10.7. The molecule has 4 nitrogen and oxygen atoms in total. The molecule has 0 aromatic heterocycles. The third-order valence-corrected chi connectivity index (χ3v) is 6.96. The van der Waals surface area contributed by atoms with Crippen LogP contribution < -0.4 is 5.32 Å². The van der Waals surface area contributed by atoms with Gasteiger partial charge >= 0.3 is 0 Å². The van der Waals surface area contributed by atoms with Gasteiger partial charge in [-0.25, -0.2) is 0 Å². The number of Topliss-reactive ketones (excluding diaryl/α,β-unsaturated/α-hetero) is 1. The molecule has 0 unspecified atom stereocenters. The quantitative estimate of drug-likeness (QED) is 0.640. The molecule has 0 saturated heterocycles. The Bertz CT molecular complexity index is 1170. The van der Waals surface area contributed by atoms with Gasteiger partial charge in [0.05, 0.1) is 11.6 Å². The van der Waals surface area contributed by atoms with Crippen LogP contribution in [0.5, 0.6) is 0 Å². The highest BCUT2D eigenvalue weighted by molar-refractivity contribution is 6.12. The molecule has 0 bridgehead atoms. The number of carbonyl (C=O) groups excluding carboxylic acids is 2. The first-order valence-electron chi connectivity index (χ1n) is 10.7. The number of aryl methyl sites for hydroxylation is 2. The largest absolute Gasteiger partial charge is 0.384 e. The number of carbonyl (C=O) groups is 2. The molecule has 3 aromatic rings. The summed E-state index contributed by atoms with van der Waals surface area (Å²) in [6, 6.07) is 22.8. The number of nitrogens with one attached hydrogen (secondary N) is 1. The number of hydrogen-bond donors (Lipinski definition) is 2. The van der Waals surface area contributed by atoms with E-state index in [0.717, 1.165) is 16.7 Å². The fraction of sp³-hybridized carbons (Fsp3) is 0.259. The normalized spacial score (nSPS) is 27.3. The highest BCUT2D eigenvalue weighted by Crippen LogP contribution is 2.57. The van der Waals surface area contributed by atoms with E-state index in [4.69, 9.17) is 0 Å². The molecule has 1 amide bonds. The maximum Gasteiger partial charge on any atom is 0.231 e. The summed E-state index contributed by atoms with van der Waals surface area (Å²) in [6.07, 6.45) is 0.415. The zero-order valence-corrected chi connectivity index (χ0v) is 17.6. The lowest BCUT2D eigenvalue weighted by Gasteiger charge is -2.36. The second-order valence-electron chi connectivity index (χ2n) is 8.87. The third kappa shape index (κ3) is 3.02. The molecule has 31 heavy (non-hydrogen) atoms. The fourth-order valence-electron chi connectivity index (χ4n) is 5.34. The summed E-state index contributed by atoms with van der Waals surface area (Å²) in [6.45, 7) is 4.00. The van der Waals surface area contributed by atoms with Gasteiger partial charge in [-0.05, 0) is 43.5 Å². The molecule has 1 aliphatic heterocycles. The van der Waals surface area contributed by atoms with Crippen molar-refractivity contribution in [3.63, 3.8) is 0 Å². The Hall–Kier alpha value is -3.24. The standard InChI is InChI=1S/C27H25NO3/c1-16-7-11-18(12-8-16)22-15-21-24(27(22,31)19-13-9-17(2)10-14-19)26(30)28-23-6-4-3-5-20(23)25(21)29/h3-14,21-22,24,31H,15H2,1-2H3,(H,28,30)/t21-,22+,24-,27-/m1/s1. The Morgan fingerprint density at radius 2 is 1.48 bits per heavy atom. The van der Waals surface area contributed by atoms with Crippen LogP contribution in [-0.2, 0) is 10.4 Å². The van der Waals surface area contributed by atoms with E-state index in [-0.39, 0.29) is 17.6 Å². The van der Waals surface area contributed by atoms with Crippen LogP contribution in [0.2, 0.25) is 0 Å². The Labute approximate surface area is 181 Å². The van der Waals surface area contributed by atoms with E-state index in [2.05, 4.69) is 5.32 Å². The molecule has 4 atom stereocenters. The maximum atomic E-state index is 13.6. The summed E-state index contributed by atoms with van der Waals surface area (Å²) in [7, 11) is 0. The van der Waals surface area contributed by atoms with Gasteiger partial charge in [0.1, 0.15) is 5.60 Å². The minimum atomic E-state index is -1.49. The lowest BCUT2D eigenvalue weighted by atomic mass is 9.73. The number of aliphatic hydroxyl groups is 1. The van der Waals surface area contributed by atoms with Gasteiger partial charge in [0.15, 0.2) is 5.78 Å². The monoisotopic (exact) mass is 411 g/mol. The van der Waals surface area contributed by atoms with Gasteiger partial charge in [0.25, 0.3) is 0 Å². The topological polar surface area (TPSA) is 66.4 Å². The van der Waals surface area contributed by atoms with Crippen molar-refractivity contribution in [3.05, 3.63) is 101 Å². The van der Waals surface area contributed by atoms with Crippen LogP contribution in [0.25, 0.3) is 0 Å². The predicted octanol–water partition coefficient (Wildman–Crippen LogP) is 4.75. The minimum Gasteiger partial charge on any atom is -0.384 e. The Morgan fingerprint density at radius 3 is 2.16 bits per heavy atom. The summed E-state index contributed by atoms with van der Waals surface area (Å²) >= 11 is 0. The number of amides is 1. The van der Waals surface area contributed by atoms with Crippen LogP contribution in [0.4, 0.5) is 5.69 Å². The van der Waals surface area contributed by atoms with Gasteiger partial charge in [-0.1, -0.05) is 71.8 Å². The predicted molar refractivity (Wildman–Crippen MR) is 120 cm³/mol. The fourth-order valence-corrected chi connectivity index (χ4v) is 5.34. The molecule has 3 aromatic carbocycles. The van der Waals surface area contributed by atoms with Gasteiger partial charge in [-0.3, -0.25) is 9.59 Å². The highest BCUT2D eigenvalue weighted by Gasteiger charge is 2.61. The molecule has 156 valence electrons. The van der Waals surface area contributed by atoms with Crippen LogP contribution in [0, 0.1) is 25.7 Å². The van der Waals surface area contributed by atoms with Crippen molar-refractivity contribution in [2.45, 2.75) is 31.8 Å². The summed E-state index contributed by atoms with van der Waals surface area (Å²) in [5.41, 5.74) is 3.35. The molecule has 1 heterocycles. The van der Waals surface area contributed by atoms with Gasteiger partial charge in [0.2, 0.25) is 5.91 Å². The van der Waals surface area contributed by atoms with E-state index in [1.54, 1.807) is 18.2 Å². The Morgan fingerprint density at radius 1 is 0.871 bits per heavy atom. The molecule has 5 rings (SSSR count). The molecule has 0 spiro atoms. The lowest BCUT2D eigenvalue weighted by molar-refractivity contribution is -0.130. The van der Waals surface area contributed by atoms with Crippen molar-refractivity contribution in [1.29, 1.82) is 0 Å². The van der Waals surface area contributed by atoms with E-state index in [1.165, 1.54) is 0 Å². The molecule has 1 fully saturated rings. The van der Waals surface area contributed by atoms with E-state index < -0.39 is 17.4 Å². The van der Waals surface area contributed by atoms with Crippen LogP contribution in [0.15, 0.2) is 72.8 Å². The molecule has 2 aliphatic rings. The summed E-state index contributed by atoms with van der Waals surface area (Å²) in [5.74, 6) is -2.23. The molecular formula is C27H25NO3. The first kappa shape index (κ1) is 19.7. The van der Waals surface area contributed by atoms with Crippen molar-refractivity contribution in [2.75, 3.05) is 5.32 Å². The average molecular weight is 412 g/mol. The zero-order valence-electron chi connectivity index (χ0n) is 17.6. The highest BCUT2D eigenvalue weighted by atomic mass is 16.3. The number of benzene rings is 3. The molecular weight excluding hydrogens is 386 g/mol. The number of ketones is 1. The van der Waals surface area contributed by atoms with E-state index in [1.807, 2.05) is 68.4 Å². The van der Waals surface area contributed by atoms with Crippen LogP contribution >= 0.6 is 0 Å². The van der Waals surface area contributed by atoms with Gasteiger partial charge in [-0.15, -0.1) is 0 Å². The van der Waals surface area contributed by atoms with E-state index >= 15 is 0 Å². The number of para-hydroxylation sites is 1. The van der Waals surface area contributed by atoms with Crippen molar-refractivity contribution >= 4 is 17.4 Å². The second-order valence-corrected chi connectivity index (χ2v) is 8.87. The first-order chi connectivity index (χ1) is 14.9. The Balaban J connectivity index is 1.70. The second kappa shape index (κ2) is 7.17. The smallest absolute Gasteiger partial charge is 0.231 e. The van der Waals surface area contributed by atoms with E-state index in [0.29, 0.717) is 23.2 Å². The van der Waals surface area contributed by atoms with Gasteiger partial charge < -0.3 is 10.4 Å². The minimum absolute atomic E-state index is 0.0842. The molecule has 0 radical (unpaired) electrons. The van der Waals surface area contributed by atoms with E-state index in [9.17, 15) is 14.7 Å². The number of anilines is 1. The summed E-state index contributed by atoms with van der Waals surface area (Å²) < 4.78 is 0. The van der Waals surface area contributed by atoms with Crippen LogP contribution in [0.3, 0.4) is 0 Å². The number of hydrogen-bond acceptors (Lipinski definition) is 3.